The maximum Gasteiger partial charge on any atom is 0.313 e. The zero-order chi connectivity index (χ0) is 13.9. The summed E-state index contributed by atoms with van der Waals surface area (Å²) < 4.78 is 5.46. The molecule has 0 saturated carbocycles. The summed E-state index contributed by atoms with van der Waals surface area (Å²) in [5.41, 5.74) is 0.458. The molecule has 18 heavy (non-hydrogen) atoms. The van der Waals surface area contributed by atoms with E-state index in [2.05, 4.69) is 0 Å². The van der Waals surface area contributed by atoms with E-state index >= 15 is 0 Å². The molecule has 0 aliphatic heterocycles. The summed E-state index contributed by atoms with van der Waals surface area (Å²) in [4.78, 5) is 23.7. The Morgan fingerprint density at radius 2 is 1.89 bits per heavy atom. The Morgan fingerprint density at radius 1 is 1.28 bits per heavy atom. The van der Waals surface area contributed by atoms with Crippen molar-refractivity contribution in [2.75, 3.05) is 0 Å². The van der Waals surface area contributed by atoms with Crippen molar-refractivity contribution in [3.05, 3.63) is 11.6 Å². The van der Waals surface area contributed by atoms with Gasteiger partial charge in [-0.1, -0.05) is 19.4 Å². The summed E-state index contributed by atoms with van der Waals surface area (Å²) in [6.07, 6.45) is 3.92. The Morgan fingerprint density at radius 3 is 2.33 bits per heavy atom. The number of allylic oxidation sites excluding steroid dienone is 1. The predicted octanol–water partition coefficient (Wildman–Crippen LogP) is 3.28. The van der Waals surface area contributed by atoms with E-state index in [0.717, 1.165) is 18.4 Å². The minimum Gasteiger partial charge on any atom is -0.460 e. The minimum atomic E-state index is -0.483. The van der Waals surface area contributed by atoms with Crippen LogP contribution in [0.2, 0.25) is 0 Å². The second-order valence-corrected chi connectivity index (χ2v) is 6.29. The number of rotatable bonds is 3. The van der Waals surface area contributed by atoms with Crippen LogP contribution in [-0.2, 0) is 14.3 Å². The third-order valence-corrected chi connectivity index (χ3v) is 2.96. The fourth-order valence-corrected chi connectivity index (χ4v) is 2.28. The van der Waals surface area contributed by atoms with Gasteiger partial charge in [0.15, 0.2) is 5.78 Å². The molecular formula is C15H24O3. The lowest BCUT2D eigenvalue weighted by Crippen LogP contribution is -2.33. The van der Waals surface area contributed by atoms with Gasteiger partial charge in [-0.2, -0.15) is 0 Å². The van der Waals surface area contributed by atoms with E-state index in [1.165, 1.54) is 0 Å². The smallest absolute Gasteiger partial charge is 0.313 e. The van der Waals surface area contributed by atoms with Gasteiger partial charge >= 0.3 is 5.97 Å². The van der Waals surface area contributed by atoms with Gasteiger partial charge in [0.25, 0.3) is 0 Å². The number of ketones is 1. The van der Waals surface area contributed by atoms with Gasteiger partial charge in [-0.15, -0.1) is 0 Å². The van der Waals surface area contributed by atoms with Crippen LogP contribution in [0.5, 0.6) is 0 Å². The van der Waals surface area contributed by atoms with Gasteiger partial charge in [0.05, 0.1) is 5.92 Å². The first-order chi connectivity index (χ1) is 8.20. The van der Waals surface area contributed by atoms with Crippen LogP contribution in [0.15, 0.2) is 11.6 Å². The maximum atomic E-state index is 12.2. The fourth-order valence-electron chi connectivity index (χ4n) is 2.28. The fraction of sp³-hybridized carbons (Fsp3) is 0.733. The minimum absolute atomic E-state index is 0.130. The molecule has 0 fully saturated rings. The number of ether oxygens (including phenoxy) is 1. The largest absolute Gasteiger partial charge is 0.460 e. The second-order valence-electron chi connectivity index (χ2n) is 6.29. The maximum absolute atomic E-state index is 12.2. The van der Waals surface area contributed by atoms with Gasteiger partial charge in [0.2, 0.25) is 0 Å². The summed E-state index contributed by atoms with van der Waals surface area (Å²) in [5.74, 6) is -0.214. The molecule has 3 nitrogen and oxygen atoms in total. The molecule has 1 rings (SSSR count). The molecule has 102 valence electrons. The standard InChI is InChI=1S/C15H24O3/c1-10(2)13(14(17)18-15(3,4)5)11-7-6-8-12(16)9-11/h9-10,13H,6-8H2,1-5H3. The molecule has 1 unspecified atom stereocenters. The first-order valence-electron chi connectivity index (χ1n) is 6.67. The summed E-state index contributed by atoms with van der Waals surface area (Å²) in [6.45, 7) is 9.58. The van der Waals surface area contributed by atoms with Crippen molar-refractivity contribution in [1.29, 1.82) is 0 Å². The highest BCUT2D eigenvalue weighted by atomic mass is 16.6. The first-order valence-corrected chi connectivity index (χ1v) is 6.67. The van der Waals surface area contributed by atoms with Crippen LogP contribution < -0.4 is 0 Å². The molecule has 0 radical (unpaired) electrons. The van der Waals surface area contributed by atoms with Crippen LogP contribution in [0.1, 0.15) is 53.9 Å². The van der Waals surface area contributed by atoms with Crippen LogP contribution in [0.25, 0.3) is 0 Å². The molecule has 3 heteroatoms. The molecule has 0 aromatic rings. The number of hydrogen-bond donors (Lipinski definition) is 0. The third kappa shape index (κ3) is 4.28. The molecule has 0 aromatic carbocycles. The van der Waals surface area contributed by atoms with Crippen LogP contribution >= 0.6 is 0 Å². The highest BCUT2D eigenvalue weighted by Crippen LogP contribution is 2.30. The normalized spacial score (nSPS) is 18.6. The average Bonchev–Trinajstić information content (AvgIpc) is 2.13. The van der Waals surface area contributed by atoms with Crippen molar-refractivity contribution in [3.63, 3.8) is 0 Å². The average molecular weight is 252 g/mol. The van der Waals surface area contributed by atoms with Gasteiger partial charge < -0.3 is 4.74 Å². The molecule has 0 bridgehead atoms. The molecule has 0 heterocycles. The summed E-state index contributed by atoms with van der Waals surface area (Å²) >= 11 is 0. The van der Waals surface area contributed by atoms with Crippen molar-refractivity contribution in [2.24, 2.45) is 11.8 Å². The molecule has 1 atom stereocenters. The zero-order valence-corrected chi connectivity index (χ0v) is 12.1. The predicted molar refractivity (Wildman–Crippen MR) is 71.1 cm³/mol. The van der Waals surface area contributed by atoms with Crippen molar-refractivity contribution >= 4 is 11.8 Å². The molecule has 1 aliphatic carbocycles. The Kier molecular flexibility index (Phi) is 4.71. The van der Waals surface area contributed by atoms with Crippen LogP contribution in [0, 0.1) is 11.8 Å². The van der Waals surface area contributed by atoms with Gasteiger partial charge in [-0.25, -0.2) is 0 Å². The highest BCUT2D eigenvalue weighted by Gasteiger charge is 2.31. The summed E-state index contributed by atoms with van der Waals surface area (Å²) in [7, 11) is 0. The number of esters is 1. The van der Waals surface area contributed by atoms with E-state index in [4.69, 9.17) is 4.74 Å². The lowest BCUT2D eigenvalue weighted by molar-refractivity contribution is -0.160. The number of carbonyl (C=O) groups is 2. The zero-order valence-electron chi connectivity index (χ0n) is 12.1. The highest BCUT2D eigenvalue weighted by molar-refractivity contribution is 5.92. The van der Waals surface area contributed by atoms with E-state index in [-0.39, 0.29) is 23.6 Å². The van der Waals surface area contributed by atoms with Gasteiger partial charge in [0.1, 0.15) is 5.60 Å². The van der Waals surface area contributed by atoms with E-state index in [1.54, 1.807) is 6.08 Å². The SMILES string of the molecule is CC(C)C(C(=O)OC(C)(C)C)C1=CC(=O)CCC1. The van der Waals surface area contributed by atoms with E-state index < -0.39 is 5.60 Å². The first kappa shape index (κ1) is 14.9. The Bertz CT molecular complexity index is 358. The Balaban J connectivity index is 2.89. The number of carbonyl (C=O) groups excluding carboxylic acids is 2. The third-order valence-electron chi connectivity index (χ3n) is 2.96. The van der Waals surface area contributed by atoms with Crippen LogP contribution in [0.3, 0.4) is 0 Å². The monoisotopic (exact) mass is 252 g/mol. The lowest BCUT2D eigenvalue weighted by atomic mass is 9.82. The Hall–Kier alpha value is -1.12. The van der Waals surface area contributed by atoms with Gasteiger partial charge in [-0.05, 0) is 45.6 Å². The molecular weight excluding hydrogens is 228 g/mol. The quantitative estimate of drug-likeness (QED) is 0.724. The van der Waals surface area contributed by atoms with Crippen LogP contribution in [0.4, 0.5) is 0 Å². The van der Waals surface area contributed by atoms with Crippen molar-refractivity contribution in [3.8, 4) is 0 Å². The van der Waals surface area contributed by atoms with Gasteiger partial charge in [-0.3, -0.25) is 9.59 Å². The molecule has 0 N–H and O–H groups in total. The molecule has 0 amide bonds. The van der Waals surface area contributed by atoms with Crippen molar-refractivity contribution in [1.82, 2.24) is 0 Å². The molecule has 0 aromatic heterocycles. The lowest BCUT2D eigenvalue weighted by Gasteiger charge is -2.28. The molecule has 0 saturated heterocycles. The van der Waals surface area contributed by atoms with Crippen molar-refractivity contribution < 1.29 is 14.3 Å². The van der Waals surface area contributed by atoms with Crippen molar-refractivity contribution in [2.45, 2.75) is 59.5 Å². The second kappa shape index (κ2) is 5.68. The van der Waals surface area contributed by atoms with Gasteiger partial charge in [0, 0.05) is 6.42 Å². The summed E-state index contributed by atoms with van der Waals surface area (Å²) in [5, 5.41) is 0. The van der Waals surface area contributed by atoms with E-state index in [9.17, 15) is 9.59 Å². The Labute approximate surface area is 110 Å². The summed E-state index contributed by atoms with van der Waals surface area (Å²) in [6, 6.07) is 0. The van der Waals surface area contributed by atoms with Crippen LogP contribution in [-0.4, -0.2) is 17.4 Å². The topological polar surface area (TPSA) is 43.4 Å². The van der Waals surface area contributed by atoms with E-state index in [1.807, 2.05) is 34.6 Å². The number of hydrogen-bond acceptors (Lipinski definition) is 3. The molecule has 0 spiro atoms. The molecule has 1 aliphatic rings. The van der Waals surface area contributed by atoms with E-state index in [0.29, 0.717) is 6.42 Å².